The van der Waals surface area contributed by atoms with Crippen molar-refractivity contribution in [2.45, 2.75) is 56.0 Å². The number of aldehydes is 1. The lowest BCUT2D eigenvalue weighted by Gasteiger charge is -2.36. The van der Waals surface area contributed by atoms with Gasteiger partial charge in [-0.25, -0.2) is 8.42 Å². The zero-order chi connectivity index (χ0) is 21.1. The van der Waals surface area contributed by atoms with E-state index < -0.39 is 15.4 Å². The number of carbonyl (C=O) groups excluding carboxylic acids is 1. The summed E-state index contributed by atoms with van der Waals surface area (Å²) in [4.78, 5) is 11.8. The molecule has 29 heavy (non-hydrogen) atoms. The Morgan fingerprint density at radius 1 is 1.21 bits per heavy atom. The lowest BCUT2D eigenvalue weighted by Crippen LogP contribution is -2.50. The fourth-order valence-corrected chi connectivity index (χ4v) is 6.33. The normalized spacial score (nSPS) is 23.1. The molecule has 0 spiro atoms. The van der Waals surface area contributed by atoms with Gasteiger partial charge in [-0.15, -0.1) is 0 Å². The highest BCUT2D eigenvalue weighted by molar-refractivity contribution is 7.91. The maximum Gasteiger partial charge on any atom is 0.180 e. The predicted molar refractivity (Wildman–Crippen MR) is 114 cm³/mol. The maximum atomic E-state index is 13.5. The van der Waals surface area contributed by atoms with Gasteiger partial charge in [0.05, 0.1) is 29.4 Å². The first-order chi connectivity index (χ1) is 13.9. The summed E-state index contributed by atoms with van der Waals surface area (Å²) >= 11 is 0. The van der Waals surface area contributed by atoms with Crippen LogP contribution in [0.1, 0.15) is 67.1 Å². The summed E-state index contributed by atoms with van der Waals surface area (Å²) in [6, 6.07) is 12.7. The molecule has 0 bridgehead atoms. The van der Waals surface area contributed by atoms with Crippen LogP contribution in [0.15, 0.2) is 47.4 Å². The first-order valence-electron chi connectivity index (χ1n) is 10.1. The zero-order valence-corrected chi connectivity index (χ0v) is 18.1. The molecule has 1 N–H and O–H groups in total. The van der Waals surface area contributed by atoms with Crippen molar-refractivity contribution < 1.29 is 17.9 Å². The van der Waals surface area contributed by atoms with Gasteiger partial charge in [0.1, 0.15) is 5.75 Å². The number of unbranched alkanes of at least 4 members (excludes halogenated alkanes) is 1. The van der Waals surface area contributed by atoms with Crippen molar-refractivity contribution in [3.05, 3.63) is 59.2 Å². The van der Waals surface area contributed by atoms with Crippen LogP contribution in [-0.2, 0) is 9.84 Å². The number of rotatable bonds is 7. The molecule has 0 radical (unpaired) electrons. The number of carbonyl (C=O) groups is 1. The smallest absolute Gasteiger partial charge is 0.180 e. The lowest BCUT2D eigenvalue weighted by atomic mass is 9.88. The van der Waals surface area contributed by atoms with Gasteiger partial charge in [-0.1, -0.05) is 57.0 Å². The number of sulfone groups is 1. The van der Waals surface area contributed by atoms with Gasteiger partial charge >= 0.3 is 0 Å². The van der Waals surface area contributed by atoms with Crippen molar-refractivity contribution in [3.8, 4) is 5.75 Å². The average molecular weight is 416 g/mol. The molecule has 3 rings (SSSR count). The Balaban J connectivity index is 2.28. The van der Waals surface area contributed by atoms with Crippen molar-refractivity contribution in [1.29, 1.82) is 0 Å². The number of fused-ring (bicyclic) bond motifs is 1. The Kier molecular flexibility index (Phi) is 6.44. The van der Waals surface area contributed by atoms with Crippen LogP contribution >= 0.6 is 0 Å². The molecule has 1 aliphatic rings. The topological polar surface area (TPSA) is 72.5 Å². The summed E-state index contributed by atoms with van der Waals surface area (Å²) in [6.07, 6.45) is 4.05. The van der Waals surface area contributed by atoms with Crippen LogP contribution in [0.2, 0.25) is 0 Å². The van der Waals surface area contributed by atoms with Crippen molar-refractivity contribution in [1.82, 2.24) is 5.32 Å². The molecule has 0 saturated heterocycles. The molecule has 2 aromatic rings. The van der Waals surface area contributed by atoms with Crippen LogP contribution in [0.5, 0.6) is 5.75 Å². The molecule has 1 heterocycles. The van der Waals surface area contributed by atoms with Crippen LogP contribution in [0.4, 0.5) is 0 Å². The number of hydrogen-bond donors (Lipinski definition) is 1. The highest BCUT2D eigenvalue weighted by Gasteiger charge is 2.42. The molecule has 2 aromatic carbocycles. The number of benzene rings is 2. The summed E-state index contributed by atoms with van der Waals surface area (Å²) < 4.78 is 32.3. The standard InChI is InChI=1S/C23H29NO4S/c1-4-6-12-23(5-2)16-29(26,27)21-13-18(15-25)20(28-3)14-19(21)22(24-23)17-10-8-7-9-11-17/h7-11,13-15,22,24H,4-6,12,16H2,1-3H3/t22?,23-/m1/s1. The van der Waals surface area contributed by atoms with Gasteiger partial charge in [-0.3, -0.25) is 10.1 Å². The van der Waals surface area contributed by atoms with Crippen molar-refractivity contribution in [3.63, 3.8) is 0 Å². The van der Waals surface area contributed by atoms with E-state index in [-0.39, 0.29) is 22.3 Å². The van der Waals surface area contributed by atoms with Gasteiger partial charge in [0, 0.05) is 5.54 Å². The molecule has 0 amide bonds. The molecular formula is C23H29NO4S. The Morgan fingerprint density at radius 3 is 2.52 bits per heavy atom. The Morgan fingerprint density at radius 2 is 1.93 bits per heavy atom. The Bertz CT molecular complexity index is 972. The number of methoxy groups -OCH3 is 1. The zero-order valence-electron chi connectivity index (χ0n) is 17.3. The van der Waals surface area contributed by atoms with Crippen LogP contribution < -0.4 is 10.1 Å². The molecule has 5 nitrogen and oxygen atoms in total. The summed E-state index contributed by atoms with van der Waals surface area (Å²) in [5, 5.41) is 3.71. The van der Waals surface area contributed by atoms with Gasteiger partial charge in [-0.2, -0.15) is 0 Å². The second-order valence-electron chi connectivity index (χ2n) is 7.73. The average Bonchev–Trinajstić information content (AvgIpc) is 2.84. The predicted octanol–water partition coefficient (Wildman–Crippen LogP) is 4.31. The Hall–Kier alpha value is -2.18. The third-order valence-corrected chi connectivity index (χ3v) is 7.83. The number of nitrogens with one attached hydrogen (secondary N) is 1. The minimum Gasteiger partial charge on any atom is -0.496 e. The minimum absolute atomic E-state index is 0.0114. The molecule has 1 unspecified atom stereocenters. The van der Waals surface area contributed by atoms with Crippen LogP contribution in [0.3, 0.4) is 0 Å². The molecule has 0 saturated carbocycles. The van der Waals surface area contributed by atoms with E-state index >= 15 is 0 Å². The van der Waals surface area contributed by atoms with E-state index in [9.17, 15) is 13.2 Å². The van der Waals surface area contributed by atoms with Crippen molar-refractivity contribution >= 4 is 16.1 Å². The lowest BCUT2D eigenvalue weighted by molar-refractivity contribution is 0.112. The number of ether oxygens (including phenoxy) is 1. The summed E-state index contributed by atoms with van der Waals surface area (Å²) in [7, 11) is -2.12. The fourth-order valence-electron chi connectivity index (χ4n) is 4.17. The third-order valence-electron chi connectivity index (χ3n) is 5.87. The SMILES string of the molecule is CCCC[C@]1(CC)CS(=O)(=O)c2cc(C=O)c(OC)cc2C(c2ccccc2)N1. The minimum atomic E-state index is -3.60. The first kappa shape index (κ1) is 21.5. The molecule has 1 aliphatic heterocycles. The fraction of sp³-hybridized carbons (Fsp3) is 0.435. The van der Waals surface area contributed by atoms with Gasteiger partial charge < -0.3 is 4.74 Å². The maximum absolute atomic E-state index is 13.5. The van der Waals surface area contributed by atoms with E-state index in [1.54, 1.807) is 6.07 Å². The Labute approximate surface area is 173 Å². The number of hydrogen-bond acceptors (Lipinski definition) is 5. The molecule has 0 aromatic heterocycles. The molecule has 6 heteroatoms. The quantitative estimate of drug-likeness (QED) is 0.682. The van der Waals surface area contributed by atoms with Gasteiger partial charge in [0.15, 0.2) is 16.1 Å². The monoisotopic (exact) mass is 415 g/mol. The van der Waals surface area contributed by atoms with E-state index in [1.807, 2.05) is 37.3 Å². The van der Waals surface area contributed by atoms with Gasteiger partial charge in [0.25, 0.3) is 0 Å². The van der Waals surface area contributed by atoms with E-state index in [1.165, 1.54) is 13.2 Å². The van der Waals surface area contributed by atoms with Gasteiger partial charge in [-0.05, 0) is 36.1 Å². The highest BCUT2D eigenvalue weighted by atomic mass is 32.2. The van der Waals surface area contributed by atoms with Crippen molar-refractivity contribution in [2.75, 3.05) is 12.9 Å². The summed E-state index contributed by atoms with van der Waals surface area (Å²) in [6.45, 7) is 4.15. The second-order valence-corrected chi connectivity index (χ2v) is 9.69. The largest absolute Gasteiger partial charge is 0.496 e. The second kappa shape index (κ2) is 8.67. The summed E-state index contributed by atoms with van der Waals surface area (Å²) in [5.41, 5.74) is 1.33. The van der Waals surface area contributed by atoms with Crippen LogP contribution in [0.25, 0.3) is 0 Å². The summed E-state index contributed by atoms with van der Waals surface area (Å²) in [5.74, 6) is 0.395. The third kappa shape index (κ3) is 4.23. The molecule has 0 aliphatic carbocycles. The van der Waals surface area contributed by atoms with E-state index in [4.69, 9.17) is 4.74 Å². The first-order valence-corrected chi connectivity index (χ1v) is 11.8. The molecule has 0 fully saturated rings. The van der Waals surface area contributed by atoms with Crippen LogP contribution in [0, 0.1) is 0 Å². The van der Waals surface area contributed by atoms with E-state index in [0.717, 1.165) is 24.8 Å². The molecule has 156 valence electrons. The van der Waals surface area contributed by atoms with Crippen LogP contribution in [-0.4, -0.2) is 33.1 Å². The highest BCUT2D eigenvalue weighted by Crippen LogP contribution is 2.40. The molecular weight excluding hydrogens is 386 g/mol. The van der Waals surface area contributed by atoms with E-state index in [2.05, 4.69) is 12.2 Å². The van der Waals surface area contributed by atoms with Crippen molar-refractivity contribution in [2.24, 2.45) is 0 Å². The van der Waals surface area contributed by atoms with Gasteiger partial charge in [0.2, 0.25) is 0 Å². The molecule has 2 atom stereocenters. The van der Waals surface area contributed by atoms with E-state index in [0.29, 0.717) is 24.0 Å².